The van der Waals surface area contributed by atoms with Crippen LogP contribution in [0.5, 0.6) is 5.75 Å². The lowest BCUT2D eigenvalue weighted by atomic mass is 9.80. The molecule has 2 aliphatic rings. The molecule has 2 fully saturated rings. The lowest BCUT2D eigenvalue weighted by Gasteiger charge is -2.40. The number of nitrogens with one attached hydrogen (secondary N) is 1. The van der Waals surface area contributed by atoms with Gasteiger partial charge in [-0.3, -0.25) is 9.59 Å². The number of amides is 2. The zero-order valence-corrected chi connectivity index (χ0v) is 19.8. The molecule has 0 radical (unpaired) electrons. The number of benzene rings is 1. The van der Waals surface area contributed by atoms with Gasteiger partial charge in [-0.25, -0.2) is 0 Å². The summed E-state index contributed by atoms with van der Waals surface area (Å²) in [4.78, 5) is 27.7. The highest BCUT2D eigenvalue weighted by Crippen LogP contribution is 2.43. The standard InChI is InChI=1S/C23H34N2O3S2/c1-3-25(4-2)22(27)23(13-6-5-7-14-23)24-20(26)17-28-19-11-9-18(10-12-19)21-29-15-8-16-30-21/h9-12,21H,3-8,13-17H2,1-2H3,(H,24,26). The summed E-state index contributed by atoms with van der Waals surface area (Å²) in [6, 6.07) is 8.07. The predicted octanol–water partition coefficient (Wildman–Crippen LogP) is 4.62. The number of likely N-dealkylation sites (N-methyl/N-ethyl adjacent to an activating group) is 1. The van der Waals surface area contributed by atoms with E-state index in [1.54, 1.807) is 0 Å². The van der Waals surface area contributed by atoms with E-state index < -0.39 is 5.54 Å². The van der Waals surface area contributed by atoms with Crippen LogP contribution in [0.2, 0.25) is 0 Å². The van der Waals surface area contributed by atoms with Crippen LogP contribution in [0, 0.1) is 0 Å². The molecule has 1 aromatic rings. The molecule has 0 atom stereocenters. The fourth-order valence-corrected chi connectivity index (χ4v) is 7.11. The van der Waals surface area contributed by atoms with Gasteiger partial charge in [0.1, 0.15) is 11.3 Å². The largest absolute Gasteiger partial charge is 0.484 e. The fraction of sp³-hybridized carbons (Fsp3) is 0.652. The van der Waals surface area contributed by atoms with Crippen LogP contribution in [0.1, 0.15) is 62.5 Å². The lowest BCUT2D eigenvalue weighted by molar-refractivity contribution is -0.143. The average molecular weight is 451 g/mol. The van der Waals surface area contributed by atoms with Crippen LogP contribution in [0.25, 0.3) is 0 Å². The van der Waals surface area contributed by atoms with Gasteiger partial charge in [0.15, 0.2) is 6.61 Å². The minimum Gasteiger partial charge on any atom is -0.484 e. The Bertz CT molecular complexity index is 695. The van der Waals surface area contributed by atoms with E-state index in [1.807, 2.05) is 54.4 Å². The molecular formula is C23H34N2O3S2. The monoisotopic (exact) mass is 450 g/mol. The lowest BCUT2D eigenvalue weighted by Crippen LogP contribution is -2.61. The maximum absolute atomic E-state index is 13.1. The van der Waals surface area contributed by atoms with Gasteiger partial charge in [0, 0.05) is 13.1 Å². The zero-order valence-electron chi connectivity index (χ0n) is 18.2. The van der Waals surface area contributed by atoms with Gasteiger partial charge < -0.3 is 15.0 Å². The van der Waals surface area contributed by atoms with Crippen LogP contribution in [0.15, 0.2) is 24.3 Å². The van der Waals surface area contributed by atoms with Gasteiger partial charge in [0.05, 0.1) is 4.58 Å². The molecule has 0 bridgehead atoms. The smallest absolute Gasteiger partial charge is 0.258 e. The number of ether oxygens (including phenoxy) is 1. The van der Waals surface area contributed by atoms with Gasteiger partial charge in [-0.2, -0.15) is 0 Å². The van der Waals surface area contributed by atoms with Crippen molar-refractivity contribution in [1.82, 2.24) is 10.2 Å². The molecule has 7 heteroatoms. The second-order valence-electron chi connectivity index (χ2n) is 7.95. The molecule has 0 spiro atoms. The molecule has 1 N–H and O–H groups in total. The number of carbonyl (C=O) groups is 2. The third kappa shape index (κ3) is 5.88. The first-order valence-electron chi connectivity index (χ1n) is 11.1. The third-order valence-electron chi connectivity index (χ3n) is 5.90. The van der Waals surface area contributed by atoms with Crippen LogP contribution < -0.4 is 10.1 Å². The Morgan fingerprint density at radius 1 is 1.03 bits per heavy atom. The number of thioether (sulfide) groups is 2. The fourth-order valence-electron chi connectivity index (χ4n) is 4.21. The second-order valence-corrected chi connectivity index (χ2v) is 10.7. The average Bonchev–Trinajstić information content (AvgIpc) is 2.80. The Hall–Kier alpha value is -1.34. The molecule has 1 aliphatic carbocycles. The molecule has 166 valence electrons. The minimum atomic E-state index is -0.774. The topological polar surface area (TPSA) is 58.6 Å². The molecule has 3 rings (SSSR count). The molecule has 1 heterocycles. The quantitative estimate of drug-likeness (QED) is 0.626. The van der Waals surface area contributed by atoms with E-state index in [4.69, 9.17) is 4.74 Å². The van der Waals surface area contributed by atoms with E-state index in [0.29, 0.717) is 36.3 Å². The summed E-state index contributed by atoms with van der Waals surface area (Å²) in [7, 11) is 0. The third-order valence-corrected chi connectivity index (χ3v) is 8.91. The molecule has 0 aromatic heterocycles. The van der Waals surface area contributed by atoms with Crippen molar-refractivity contribution in [3.8, 4) is 5.75 Å². The molecule has 0 unspecified atom stereocenters. The van der Waals surface area contributed by atoms with Crippen LogP contribution in [-0.2, 0) is 9.59 Å². The highest BCUT2D eigenvalue weighted by molar-refractivity contribution is 8.16. The number of hydrogen-bond acceptors (Lipinski definition) is 5. The Balaban J connectivity index is 1.57. The number of nitrogens with zero attached hydrogens (tertiary/aromatic N) is 1. The van der Waals surface area contributed by atoms with E-state index in [1.165, 1.54) is 23.5 Å². The van der Waals surface area contributed by atoms with Gasteiger partial charge in [-0.1, -0.05) is 31.4 Å². The van der Waals surface area contributed by atoms with Crippen molar-refractivity contribution >= 4 is 35.3 Å². The molecule has 2 amide bonds. The highest BCUT2D eigenvalue weighted by atomic mass is 32.2. The van der Waals surface area contributed by atoms with Crippen LogP contribution in [0.3, 0.4) is 0 Å². The predicted molar refractivity (Wildman–Crippen MR) is 126 cm³/mol. The number of rotatable bonds is 8. The van der Waals surface area contributed by atoms with E-state index in [2.05, 4.69) is 17.4 Å². The van der Waals surface area contributed by atoms with Gasteiger partial charge in [-0.05, 0) is 62.3 Å². The molecular weight excluding hydrogens is 416 g/mol. The van der Waals surface area contributed by atoms with Crippen molar-refractivity contribution in [3.05, 3.63) is 29.8 Å². The maximum atomic E-state index is 13.1. The number of carbonyl (C=O) groups excluding carboxylic acids is 2. The Morgan fingerprint density at radius 2 is 1.67 bits per heavy atom. The Kier molecular flexibility index (Phi) is 8.81. The molecule has 1 aliphatic heterocycles. The summed E-state index contributed by atoms with van der Waals surface area (Å²) < 4.78 is 6.23. The SMILES string of the molecule is CCN(CC)C(=O)C1(NC(=O)COc2ccc(C3SCCCS3)cc2)CCCCC1. The summed E-state index contributed by atoms with van der Waals surface area (Å²) in [6.07, 6.45) is 5.74. The van der Waals surface area contributed by atoms with Crippen molar-refractivity contribution in [2.45, 2.75) is 62.5 Å². The van der Waals surface area contributed by atoms with Gasteiger partial charge in [-0.15, -0.1) is 23.5 Å². The summed E-state index contributed by atoms with van der Waals surface area (Å²) in [6.45, 7) is 5.22. The number of hydrogen-bond donors (Lipinski definition) is 1. The van der Waals surface area contributed by atoms with Crippen molar-refractivity contribution < 1.29 is 14.3 Å². The summed E-state index contributed by atoms with van der Waals surface area (Å²) >= 11 is 3.98. The first-order chi connectivity index (χ1) is 14.6. The summed E-state index contributed by atoms with van der Waals surface area (Å²) in [5.74, 6) is 2.94. The van der Waals surface area contributed by atoms with Gasteiger partial charge in [0.25, 0.3) is 5.91 Å². The van der Waals surface area contributed by atoms with Crippen LogP contribution in [0.4, 0.5) is 0 Å². The normalized spacial score (nSPS) is 19.1. The highest BCUT2D eigenvalue weighted by Gasteiger charge is 2.42. The van der Waals surface area contributed by atoms with Crippen LogP contribution >= 0.6 is 23.5 Å². The van der Waals surface area contributed by atoms with E-state index >= 15 is 0 Å². The molecule has 5 nitrogen and oxygen atoms in total. The van der Waals surface area contributed by atoms with Crippen molar-refractivity contribution in [3.63, 3.8) is 0 Å². The van der Waals surface area contributed by atoms with E-state index in [-0.39, 0.29) is 18.4 Å². The Morgan fingerprint density at radius 3 is 2.27 bits per heavy atom. The molecule has 1 saturated heterocycles. The van der Waals surface area contributed by atoms with Gasteiger partial charge in [0.2, 0.25) is 5.91 Å². The molecule has 30 heavy (non-hydrogen) atoms. The second kappa shape index (κ2) is 11.3. The molecule has 1 aromatic carbocycles. The Labute approximate surface area is 189 Å². The molecule has 1 saturated carbocycles. The summed E-state index contributed by atoms with van der Waals surface area (Å²) in [5.41, 5.74) is 0.525. The maximum Gasteiger partial charge on any atom is 0.258 e. The first-order valence-corrected chi connectivity index (χ1v) is 13.2. The van der Waals surface area contributed by atoms with Crippen molar-refractivity contribution in [2.24, 2.45) is 0 Å². The summed E-state index contributed by atoms with van der Waals surface area (Å²) in [5, 5.41) is 3.05. The van der Waals surface area contributed by atoms with Crippen molar-refractivity contribution in [2.75, 3.05) is 31.2 Å². The van der Waals surface area contributed by atoms with E-state index in [9.17, 15) is 9.59 Å². The van der Waals surface area contributed by atoms with Gasteiger partial charge >= 0.3 is 0 Å². The zero-order chi connectivity index (χ0) is 21.4. The van der Waals surface area contributed by atoms with E-state index in [0.717, 1.165) is 19.3 Å². The minimum absolute atomic E-state index is 0.0485. The first kappa shape index (κ1) is 23.3. The van der Waals surface area contributed by atoms with Crippen molar-refractivity contribution in [1.29, 1.82) is 0 Å². The van der Waals surface area contributed by atoms with Crippen LogP contribution in [-0.4, -0.2) is 53.5 Å².